The van der Waals surface area contributed by atoms with Gasteiger partial charge in [0.1, 0.15) is 0 Å². The highest BCUT2D eigenvalue weighted by Crippen LogP contribution is 2.27. The van der Waals surface area contributed by atoms with Crippen molar-refractivity contribution in [3.8, 4) is 6.07 Å². The normalized spacial score (nSPS) is 10.6. The van der Waals surface area contributed by atoms with Crippen LogP contribution in [0.25, 0.3) is 0 Å². The number of thiocarbonyl (C=S) groups is 1. The van der Waals surface area contributed by atoms with Gasteiger partial charge in [0.25, 0.3) is 0 Å². The van der Waals surface area contributed by atoms with Crippen LogP contribution >= 0.6 is 24.0 Å². The third-order valence-corrected chi connectivity index (χ3v) is 3.17. The van der Waals surface area contributed by atoms with Gasteiger partial charge in [0.15, 0.2) is 0 Å². The molecule has 1 atom stereocenters. The highest BCUT2D eigenvalue weighted by Gasteiger charge is 2.24. The average molecular weight is 259 g/mol. The number of hydrogen-bond acceptors (Lipinski definition) is 3. The molecule has 0 radical (unpaired) electrons. The minimum atomic E-state index is -0.231. The zero-order valence-corrected chi connectivity index (χ0v) is 13.0. The van der Waals surface area contributed by atoms with E-state index in [1.54, 1.807) is 22.5 Å². The molecule has 0 saturated heterocycles. The highest BCUT2D eigenvalue weighted by atomic mass is 32.2. The fourth-order valence-electron chi connectivity index (χ4n) is 0.502. The molecule has 94 valence electrons. The molecule has 0 aromatic carbocycles. The summed E-state index contributed by atoms with van der Waals surface area (Å²) < 4.78 is 1.66. The number of thioether (sulfide) groups is 1. The zero-order valence-electron chi connectivity index (χ0n) is 11.4. The Morgan fingerprint density at radius 3 is 2.12 bits per heavy atom. The van der Waals surface area contributed by atoms with Crippen molar-refractivity contribution in [2.24, 2.45) is 11.3 Å². The lowest BCUT2D eigenvalue weighted by atomic mass is 9.83. The topological polar surface area (TPSA) is 23.8 Å². The highest BCUT2D eigenvalue weighted by molar-refractivity contribution is 8.20. The number of nitrogens with zero attached hydrogens (tertiary/aromatic N) is 1. The summed E-state index contributed by atoms with van der Waals surface area (Å²) in [4.78, 5) is 0. The molecule has 0 amide bonds. The molecule has 1 unspecified atom stereocenters. The Hall–Kier alpha value is -0.330. The number of allylic oxidation sites excluding steroid dienone is 1. The summed E-state index contributed by atoms with van der Waals surface area (Å²) in [6.07, 6.45) is 1.75. The molecule has 1 nitrogen and oxygen atoms in total. The average Bonchev–Trinajstić information content (AvgIpc) is 2.29. The third-order valence-electron chi connectivity index (χ3n) is 1.93. The first-order valence-electron chi connectivity index (χ1n) is 5.49. The van der Waals surface area contributed by atoms with Gasteiger partial charge in [-0.3, -0.25) is 0 Å². The second kappa shape index (κ2) is 14.7. The van der Waals surface area contributed by atoms with Crippen LogP contribution < -0.4 is 0 Å². The summed E-state index contributed by atoms with van der Waals surface area (Å²) in [6.45, 7) is 15.2. The van der Waals surface area contributed by atoms with E-state index in [0.29, 0.717) is 5.92 Å². The van der Waals surface area contributed by atoms with Crippen molar-refractivity contribution < 1.29 is 0 Å². The summed E-state index contributed by atoms with van der Waals surface area (Å²) in [5.41, 5.74) is -0.231. The molecule has 3 heteroatoms. The maximum Gasteiger partial charge on any atom is 0.0687 e. The van der Waals surface area contributed by atoms with Gasteiger partial charge >= 0.3 is 0 Å². The lowest BCUT2D eigenvalue weighted by Crippen LogP contribution is -2.21. The van der Waals surface area contributed by atoms with Gasteiger partial charge in [-0.05, 0) is 26.7 Å². The van der Waals surface area contributed by atoms with E-state index in [4.69, 9.17) is 5.26 Å². The monoisotopic (exact) mass is 259 g/mol. The van der Waals surface area contributed by atoms with Crippen molar-refractivity contribution in [3.05, 3.63) is 12.7 Å². The van der Waals surface area contributed by atoms with Gasteiger partial charge in [0, 0.05) is 10.5 Å². The van der Waals surface area contributed by atoms with Crippen LogP contribution in [-0.4, -0.2) is 10.5 Å². The molecule has 0 bridgehead atoms. The van der Waals surface area contributed by atoms with Gasteiger partial charge in [-0.15, -0.1) is 18.3 Å². The molecule has 0 heterocycles. The van der Waals surface area contributed by atoms with E-state index in [1.165, 1.54) is 0 Å². The molecule has 0 fully saturated rings. The van der Waals surface area contributed by atoms with Crippen LogP contribution in [0.4, 0.5) is 0 Å². The quantitative estimate of drug-likeness (QED) is 0.519. The Morgan fingerprint density at radius 2 is 1.88 bits per heavy atom. The lowest BCUT2D eigenvalue weighted by Gasteiger charge is -2.22. The van der Waals surface area contributed by atoms with Gasteiger partial charge in [0.2, 0.25) is 0 Å². The van der Waals surface area contributed by atoms with Crippen LogP contribution in [-0.2, 0) is 0 Å². The molecule has 0 aromatic heterocycles. The lowest BCUT2D eigenvalue weighted by molar-refractivity contribution is 0.351. The molecule has 0 N–H and O–H groups in total. The van der Waals surface area contributed by atoms with E-state index in [1.807, 2.05) is 34.6 Å². The molecular weight excluding hydrogens is 234 g/mol. The van der Waals surface area contributed by atoms with Crippen LogP contribution in [0.3, 0.4) is 0 Å². The van der Waals surface area contributed by atoms with Crippen molar-refractivity contribution in [2.75, 3.05) is 5.75 Å². The summed E-state index contributed by atoms with van der Waals surface area (Å²) in [6, 6.07) is 2.29. The number of hydrogen-bond donors (Lipinski definition) is 0. The van der Waals surface area contributed by atoms with Gasteiger partial charge in [-0.2, -0.15) is 5.26 Å². The van der Waals surface area contributed by atoms with E-state index >= 15 is 0 Å². The van der Waals surface area contributed by atoms with Gasteiger partial charge in [-0.25, -0.2) is 0 Å². The van der Waals surface area contributed by atoms with Crippen LogP contribution in [0.2, 0.25) is 0 Å². The Labute approximate surface area is 111 Å². The van der Waals surface area contributed by atoms with E-state index in [2.05, 4.69) is 31.8 Å². The molecule has 0 rings (SSSR count). The van der Waals surface area contributed by atoms with Gasteiger partial charge < -0.3 is 0 Å². The molecule has 0 aliphatic heterocycles. The van der Waals surface area contributed by atoms with Crippen molar-refractivity contribution in [3.63, 3.8) is 0 Å². The zero-order chi connectivity index (χ0) is 13.6. The number of rotatable bonds is 4. The van der Waals surface area contributed by atoms with E-state index in [0.717, 1.165) is 5.75 Å². The van der Waals surface area contributed by atoms with Crippen molar-refractivity contribution in [1.29, 1.82) is 5.26 Å². The Morgan fingerprint density at radius 1 is 1.50 bits per heavy atom. The largest absolute Gasteiger partial charge is 0.198 e. The molecule has 0 aliphatic rings. The summed E-state index contributed by atoms with van der Waals surface area (Å²) in [5, 5.41) is 8.77. The molecule has 16 heavy (non-hydrogen) atoms. The first-order chi connectivity index (χ1) is 7.46. The molecule has 0 aromatic rings. The maximum absolute atomic E-state index is 8.77. The fourth-order valence-corrected chi connectivity index (χ4v) is 1.52. The van der Waals surface area contributed by atoms with E-state index in [9.17, 15) is 0 Å². The summed E-state index contributed by atoms with van der Waals surface area (Å²) >= 11 is 6.28. The minimum Gasteiger partial charge on any atom is -0.198 e. The predicted molar refractivity (Wildman–Crippen MR) is 81.9 cm³/mol. The standard InChI is InChI=1S/C8H13NS2.C3H6.C2H6/c1-7(4-11-6-10)8(2,3)5-9;1-3-2;1-2/h6-7H,4H2,1-3H3;3H,1H2,2H3;1-2H3. The Balaban J connectivity index is -0.000000289. The van der Waals surface area contributed by atoms with E-state index < -0.39 is 0 Å². The Bertz CT molecular complexity index is 204. The number of nitriles is 1. The molecular formula is C13H25NS2. The Kier molecular flexibility index (Phi) is 19.3. The molecule has 0 saturated carbocycles. The third kappa shape index (κ3) is 13.7. The van der Waals surface area contributed by atoms with Crippen molar-refractivity contribution >= 4 is 28.7 Å². The second-order valence-corrected chi connectivity index (χ2v) is 5.01. The summed E-state index contributed by atoms with van der Waals surface area (Å²) in [7, 11) is 0. The van der Waals surface area contributed by atoms with Gasteiger partial charge in [0.05, 0.1) is 11.5 Å². The van der Waals surface area contributed by atoms with Crippen molar-refractivity contribution in [2.45, 2.75) is 41.5 Å². The van der Waals surface area contributed by atoms with Crippen LogP contribution in [0.15, 0.2) is 12.7 Å². The first-order valence-corrected chi connectivity index (χ1v) is 7.01. The van der Waals surface area contributed by atoms with Crippen LogP contribution in [0, 0.1) is 22.7 Å². The van der Waals surface area contributed by atoms with Crippen LogP contribution in [0.5, 0.6) is 0 Å². The van der Waals surface area contributed by atoms with Crippen LogP contribution in [0.1, 0.15) is 41.5 Å². The maximum atomic E-state index is 8.77. The van der Waals surface area contributed by atoms with Crippen molar-refractivity contribution in [1.82, 2.24) is 0 Å². The smallest absolute Gasteiger partial charge is 0.0687 e. The molecule has 0 spiro atoms. The van der Waals surface area contributed by atoms with Gasteiger partial charge in [-0.1, -0.05) is 39.1 Å². The minimum absolute atomic E-state index is 0.231. The van der Waals surface area contributed by atoms with E-state index in [-0.39, 0.29) is 5.41 Å². The first kappa shape index (κ1) is 21.0. The fraction of sp³-hybridized carbons (Fsp3) is 0.692. The second-order valence-electron chi connectivity index (χ2n) is 3.57. The SMILES string of the molecule is C=CC.CC.CC(CSC=S)C(C)(C)C#N. The summed E-state index contributed by atoms with van der Waals surface area (Å²) in [5.74, 6) is 1.32. The molecule has 0 aliphatic carbocycles. The predicted octanol–water partition coefficient (Wildman–Crippen LogP) is 5.08.